The van der Waals surface area contributed by atoms with Crippen LogP contribution in [0.5, 0.6) is 0 Å². The lowest BCUT2D eigenvalue weighted by molar-refractivity contribution is -0.155. The summed E-state index contributed by atoms with van der Waals surface area (Å²) in [5.74, 6) is -1.39. The largest absolute Gasteiger partial charge is 0.479 e. The van der Waals surface area contributed by atoms with Gasteiger partial charge in [0.1, 0.15) is 0 Å². The summed E-state index contributed by atoms with van der Waals surface area (Å²) in [6.07, 6.45) is 1.64. The monoisotopic (exact) mass is 270 g/mol. The van der Waals surface area contributed by atoms with Crippen LogP contribution in [0.3, 0.4) is 0 Å². The molecule has 8 nitrogen and oxygen atoms in total. The molecule has 4 N–H and O–H groups in total. The number of urea groups is 1. The molecule has 0 spiro atoms. The van der Waals surface area contributed by atoms with Crippen molar-refractivity contribution >= 4 is 12.0 Å². The number of aromatic nitrogens is 2. The molecule has 0 fully saturated rings. The summed E-state index contributed by atoms with van der Waals surface area (Å²) < 4.78 is 1.68. The summed E-state index contributed by atoms with van der Waals surface area (Å²) in [5.41, 5.74) is -0.192. The van der Waals surface area contributed by atoms with Crippen LogP contribution >= 0.6 is 0 Å². The average molecular weight is 270 g/mol. The Balaban J connectivity index is 2.41. The van der Waals surface area contributed by atoms with E-state index in [1.165, 1.54) is 0 Å². The summed E-state index contributed by atoms with van der Waals surface area (Å²) in [4.78, 5) is 22.1. The van der Waals surface area contributed by atoms with Gasteiger partial charge < -0.3 is 20.8 Å². The first-order valence-corrected chi connectivity index (χ1v) is 5.69. The van der Waals surface area contributed by atoms with E-state index in [2.05, 4.69) is 15.7 Å². The number of carbonyl (C=O) groups excluding carboxylic acids is 1. The van der Waals surface area contributed by atoms with Gasteiger partial charge in [0.25, 0.3) is 0 Å². The number of aryl methyl sites for hydroxylation is 1. The second-order valence-electron chi connectivity index (χ2n) is 4.49. The number of aliphatic hydroxyl groups is 1. The zero-order valence-corrected chi connectivity index (χ0v) is 11.1. The van der Waals surface area contributed by atoms with Crippen molar-refractivity contribution in [3.8, 4) is 0 Å². The van der Waals surface area contributed by atoms with E-state index in [-0.39, 0.29) is 13.1 Å². The second kappa shape index (κ2) is 5.70. The number of carboxylic acids is 1. The van der Waals surface area contributed by atoms with E-state index in [1.54, 1.807) is 17.9 Å². The average Bonchev–Trinajstić information content (AvgIpc) is 2.65. The van der Waals surface area contributed by atoms with E-state index in [1.807, 2.05) is 6.92 Å². The molecule has 0 bridgehead atoms. The number of nitrogens with one attached hydrogen (secondary N) is 2. The normalized spacial score (nSPS) is 13.7. The van der Waals surface area contributed by atoms with Crippen molar-refractivity contribution in [3.05, 3.63) is 17.5 Å². The van der Waals surface area contributed by atoms with E-state index in [4.69, 9.17) is 5.11 Å². The topological polar surface area (TPSA) is 116 Å². The molecular formula is C11H18N4O4. The van der Waals surface area contributed by atoms with Gasteiger partial charge in [-0.15, -0.1) is 0 Å². The predicted molar refractivity (Wildman–Crippen MR) is 66.4 cm³/mol. The summed E-state index contributed by atoms with van der Waals surface area (Å²) in [7, 11) is 1.79. The number of carboxylic acid groups (broad SMARTS) is 1. The molecule has 1 heterocycles. The highest BCUT2D eigenvalue weighted by molar-refractivity contribution is 5.79. The van der Waals surface area contributed by atoms with Gasteiger partial charge >= 0.3 is 12.0 Å². The van der Waals surface area contributed by atoms with E-state index in [0.29, 0.717) is 0 Å². The van der Waals surface area contributed by atoms with E-state index < -0.39 is 17.6 Å². The maximum Gasteiger partial charge on any atom is 0.337 e. The Bertz CT molecular complexity index is 481. The van der Waals surface area contributed by atoms with Gasteiger partial charge in [-0.1, -0.05) is 0 Å². The third kappa shape index (κ3) is 3.95. The van der Waals surface area contributed by atoms with E-state index in [0.717, 1.165) is 18.2 Å². The molecule has 1 unspecified atom stereocenters. The van der Waals surface area contributed by atoms with Gasteiger partial charge in [0, 0.05) is 24.8 Å². The Morgan fingerprint density at radius 3 is 2.58 bits per heavy atom. The molecule has 1 rings (SSSR count). The molecule has 2 amide bonds. The fourth-order valence-electron chi connectivity index (χ4n) is 1.28. The van der Waals surface area contributed by atoms with Crippen LogP contribution in [-0.4, -0.2) is 44.1 Å². The Morgan fingerprint density at radius 1 is 1.47 bits per heavy atom. The van der Waals surface area contributed by atoms with Gasteiger partial charge in [0.15, 0.2) is 5.60 Å². The van der Waals surface area contributed by atoms with Crippen molar-refractivity contribution in [1.82, 2.24) is 20.4 Å². The standard InChI is InChI=1S/C11H18N4O4/c1-7-8(5-14-15(7)3)4-12-10(18)13-6-11(2,19)9(16)17/h5,19H,4,6H2,1-3H3,(H,16,17)(H2,12,13,18). The van der Waals surface area contributed by atoms with Crippen LogP contribution in [0.4, 0.5) is 4.79 Å². The Hall–Kier alpha value is -2.09. The zero-order valence-electron chi connectivity index (χ0n) is 11.1. The molecular weight excluding hydrogens is 252 g/mol. The molecule has 8 heteroatoms. The molecule has 0 aliphatic heterocycles. The van der Waals surface area contributed by atoms with Crippen molar-refractivity contribution in [2.24, 2.45) is 7.05 Å². The third-order valence-corrected chi connectivity index (χ3v) is 2.83. The Morgan fingerprint density at radius 2 is 2.11 bits per heavy atom. The highest BCUT2D eigenvalue weighted by Gasteiger charge is 2.30. The number of rotatable bonds is 5. The van der Waals surface area contributed by atoms with Crippen LogP contribution in [0, 0.1) is 6.92 Å². The molecule has 0 aliphatic carbocycles. The second-order valence-corrected chi connectivity index (χ2v) is 4.49. The van der Waals surface area contributed by atoms with Crippen LogP contribution < -0.4 is 10.6 Å². The van der Waals surface area contributed by atoms with Gasteiger partial charge in [-0.05, 0) is 13.8 Å². The third-order valence-electron chi connectivity index (χ3n) is 2.83. The molecule has 0 aliphatic rings. The lowest BCUT2D eigenvalue weighted by atomic mass is 10.1. The Labute approximate surface area is 110 Å². The van der Waals surface area contributed by atoms with Gasteiger partial charge in [-0.25, -0.2) is 9.59 Å². The summed E-state index contributed by atoms with van der Waals surface area (Å²) in [6.45, 7) is 2.89. The minimum Gasteiger partial charge on any atom is -0.479 e. The van der Waals surface area contributed by atoms with Gasteiger partial charge in [0.05, 0.1) is 12.7 Å². The Kier molecular flexibility index (Phi) is 4.49. The fraction of sp³-hybridized carbons (Fsp3) is 0.545. The predicted octanol–water partition coefficient (Wildman–Crippen LogP) is -0.637. The van der Waals surface area contributed by atoms with Crippen molar-refractivity contribution in [1.29, 1.82) is 0 Å². The molecule has 1 aromatic rings. The first-order chi connectivity index (χ1) is 8.74. The molecule has 0 radical (unpaired) electrons. The number of hydrogen-bond acceptors (Lipinski definition) is 4. The summed E-state index contributed by atoms with van der Waals surface area (Å²) >= 11 is 0. The van der Waals surface area contributed by atoms with Crippen LogP contribution in [0.15, 0.2) is 6.20 Å². The molecule has 106 valence electrons. The molecule has 0 saturated heterocycles. The quantitative estimate of drug-likeness (QED) is 0.568. The smallest absolute Gasteiger partial charge is 0.337 e. The first-order valence-electron chi connectivity index (χ1n) is 5.69. The molecule has 0 aromatic carbocycles. The maximum absolute atomic E-state index is 11.5. The highest BCUT2D eigenvalue weighted by Crippen LogP contribution is 2.04. The van der Waals surface area contributed by atoms with Crippen molar-refractivity contribution in [3.63, 3.8) is 0 Å². The van der Waals surface area contributed by atoms with Crippen LogP contribution in [0.1, 0.15) is 18.2 Å². The summed E-state index contributed by atoms with van der Waals surface area (Å²) in [5, 5.41) is 27.0. The summed E-state index contributed by atoms with van der Waals surface area (Å²) in [6, 6.07) is -0.551. The first kappa shape index (κ1) is 15.0. The number of nitrogens with zero attached hydrogens (tertiary/aromatic N) is 2. The number of aliphatic carboxylic acids is 1. The number of hydrogen-bond donors (Lipinski definition) is 4. The van der Waals surface area contributed by atoms with Crippen molar-refractivity contribution in [2.45, 2.75) is 26.0 Å². The van der Waals surface area contributed by atoms with Crippen molar-refractivity contribution < 1.29 is 19.8 Å². The molecule has 0 saturated carbocycles. The number of carbonyl (C=O) groups is 2. The van der Waals surface area contributed by atoms with Crippen LogP contribution in [0.25, 0.3) is 0 Å². The minimum atomic E-state index is -1.98. The molecule has 1 aromatic heterocycles. The van der Waals surface area contributed by atoms with Crippen LogP contribution in [-0.2, 0) is 18.4 Å². The van der Waals surface area contributed by atoms with Gasteiger partial charge in [0.2, 0.25) is 0 Å². The zero-order chi connectivity index (χ0) is 14.6. The van der Waals surface area contributed by atoms with E-state index >= 15 is 0 Å². The lowest BCUT2D eigenvalue weighted by Crippen LogP contribution is -2.49. The van der Waals surface area contributed by atoms with Gasteiger partial charge in [-0.2, -0.15) is 5.10 Å². The molecule has 1 atom stereocenters. The number of amides is 2. The molecule has 19 heavy (non-hydrogen) atoms. The van der Waals surface area contributed by atoms with E-state index in [9.17, 15) is 14.7 Å². The highest BCUT2D eigenvalue weighted by atomic mass is 16.4. The van der Waals surface area contributed by atoms with Gasteiger partial charge in [-0.3, -0.25) is 4.68 Å². The fourth-order valence-corrected chi connectivity index (χ4v) is 1.28. The minimum absolute atomic E-state index is 0.278. The maximum atomic E-state index is 11.5. The van der Waals surface area contributed by atoms with Crippen molar-refractivity contribution in [2.75, 3.05) is 6.54 Å². The van der Waals surface area contributed by atoms with Crippen LogP contribution in [0.2, 0.25) is 0 Å². The SMILES string of the molecule is Cc1c(CNC(=O)NCC(C)(O)C(=O)O)cnn1C. The lowest BCUT2D eigenvalue weighted by Gasteiger charge is -2.18.